The molecule has 1 aromatic carbocycles. The topological polar surface area (TPSA) is 23.5 Å². The first-order valence-electron chi connectivity index (χ1n) is 6.11. The van der Waals surface area contributed by atoms with E-state index in [1.807, 2.05) is 14.0 Å². The molecular formula is C14H23NO. The van der Waals surface area contributed by atoms with Crippen molar-refractivity contribution in [2.24, 2.45) is 0 Å². The fourth-order valence-corrected chi connectivity index (χ4v) is 1.66. The van der Waals surface area contributed by atoms with Crippen molar-refractivity contribution in [3.63, 3.8) is 0 Å². The minimum absolute atomic E-state index is 0.168. The highest BCUT2D eigenvalue weighted by Crippen LogP contribution is 2.17. The van der Waals surface area contributed by atoms with Crippen LogP contribution in [0.15, 0.2) is 24.3 Å². The van der Waals surface area contributed by atoms with Crippen LogP contribution in [-0.2, 0) is 6.42 Å². The smallest absolute Gasteiger partial charge is 0.0632 e. The summed E-state index contributed by atoms with van der Waals surface area (Å²) in [6.45, 7) is 4.42. The summed E-state index contributed by atoms with van der Waals surface area (Å²) in [5.41, 5.74) is 2.57. The molecule has 0 aliphatic heterocycles. The maximum absolute atomic E-state index is 9.10. The van der Waals surface area contributed by atoms with Crippen LogP contribution < -0.4 is 4.90 Å². The second-order valence-corrected chi connectivity index (χ2v) is 4.41. The van der Waals surface area contributed by atoms with Crippen molar-refractivity contribution >= 4 is 5.69 Å². The zero-order valence-corrected chi connectivity index (χ0v) is 10.6. The number of nitrogens with zero attached hydrogens (tertiary/aromatic N) is 1. The molecule has 2 heteroatoms. The van der Waals surface area contributed by atoms with Gasteiger partial charge in [-0.3, -0.25) is 0 Å². The number of aliphatic hydroxyl groups is 1. The lowest BCUT2D eigenvalue weighted by molar-refractivity contribution is 0.270. The number of unbranched alkanes of at least 4 members (excludes halogenated alkanes) is 1. The number of rotatable bonds is 6. The zero-order valence-electron chi connectivity index (χ0n) is 10.6. The first kappa shape index (κ1) is 13.0. The summed E-state index contributed by atoms with van der Waals surface area (Å²) in [7, 11) is 2.02. The average Bonchev–Trinajstić information content (AvgIpc) is 2.35. The van der Waals surface area contributed by atoms with Crippen molar-refractivity contribution in [1.82, 2.24) is 0 Å². The normalized spacial score (nSPS) is 12.5. The van der Waals surface area contributed by atoms with Gasteiger partial charge < -0.3 is 10.0 Å². The maximum Gasteiger partial charge on any atom is 0.0632 e. The van der Waals surface area contributed by atoms with Crippen molar-refractivity contribution in [3.8, 4) is 0 Å². The summed E-state index contributed by atoms with van der Waals surface area (Å²) in [5, 5.41) is 9.10. The van der Waals surface area contributed by atoms with E-state index in [2.05, 4.69) is 36.1 Å². The highest BCUT2D eigenvalue weighted by atomic mass is 16.3. The van der Waals surface area contributed by atoms with E-state index in [4.69, 9.17) is 5.11 Å². The van der Waals surface area contributed by atoms with Crippen molar-refractivity contribution in [1.29, 1.82) is 0 Å². The summed E-state index contributed by atoms with van der Waals surface area (Å²) in [5.74, 6) is 0. The Morgan fingerprint density at radius 1 is 1.25 bits per heavy atom. The minimum atomic E-state index is 0.168. The van der Waals surface area contributed by atoms with Gasteiger partial charge in [0.2, 0.25) is 0 Å². The zero-order chi connectivity index (χ0) is 12.0. The van der Waals surface area contributed by atoms with Gasteiger partial charge in [-0.25, -0.2) is 0 Å². The third-order valence-corrected chi connectivity index (χ3v) is 3.09. The highest BCUT2D eigenvalue weighted by molar-refractivity contribution is 5.47. The SMILES string of the molecule is CCCCc1ccc(N(C)C(C)CO)cc1. The first-order valence-corrected chi connectivity index (χ1v) is 6.11. The van der Waals surface area contributed by atoms with E-state index in [9.17, 15) is 0 Å². The number of hydrogen-bond acceptors (Lipinski definition) is 2. The third kappa shape index (κ3) is 3.53. The molecule has 0 fully saturated rings. The molecule has 0 bridgehead atoms. The van der Waals surface area contributed by atoms with Gasteiger partial charge in [0.1, 0.15) is 0 Å². The van der Waals surface area contributed by atoms with Crippen LogP contribution in [-0.4, -0.2) is 24.8 Å². The molecule has 90 valence electrons. The molecule has 0 aromatic heterocycles. The number of aryl methyl sites for hydroxylation is 1. The van der Waals surface area contributed by atoms with Gasteiger partial charge in [0.15, 0.2) is 0 Å². The molecule has 2 nitrogen and oxygen atoms in total. The summed E-state index contributed by atoms with van der Waals surface area (Å²) in [6.07, 6.45) is 3.65. The van der Waals surface area contributed by atoms with Crippen molar-refractivity contribution in [3.05, 3.63) is 29.8 Å². The van der Waals surface area contributed by atoms with E-state index in [0.29, 0.717) is 0 Å². The van der Waals surface area contributed by atoms with Gasteiger partial charge in [-0.1, -0.05) is 25.5 Å². The number of hydrogen-bond donors (Lipinski definition) is 1. The molecule has 0 spiro atoms. The summed E-state index contributed by atoms with van der Waals surface area (Å²) >= 11 is 0. The lowest BCUT2D eigenvalue weighted by Crippen LogP contribution is -2.31. The van der Waals surface area contributed by atoms with Crippen LogP contribution >= 0.6 is 0 Å². The fourth-order valence-electron chi connectivity index (χ4n) is 1.66. The van der Waals surface area contributed by atoms with E-state index in [-0.39, 0.29) is 12.6 Å². The van der Waals surface area contributed by atoms with Crippen LogP contribution in [0.5, 0.6) is 0 Å². The maximum atomic E-state index is 9.10. The van der Waals surface area contributed by atoms with Crippen LogP contribution in [0.2, 0.25) is 0 Å². The highest BCUT2D eigenvalue weighted by Gasteiger charge is 2.07. The lowest BCUT2D eigenvalue weighted by atomic mass is 10.1. The van der Waals surface area contributed by atoms with Crippen LogP contribution in [0.1, 0.15) is 32.3 Å². The molecule has 0 aliphatic carbocycles. The van der Waals surface area contributed by atoms with Crippen LogP contribution in [0.25, 0.3) is 0 Å². The Morgan fingerprint density at radius 3 is 2.38 bits per heavy atom. The number of benzene rings is 1. The summed E-state index contributed by atoms with van der Waals surface area (Å²) in [6, 6.07) is 8.81. The molecule has 1 aromatic rings. The van der Waals surface area contributed by atoms with Crippen molar-refractivity contribution in [2.45, 2.75) is 39.2 Å². The van der Waals surface area contributed by atoms with Crippen molar-refractivity contribution < 1.29 is 5.11 Å². The molecule has 0 heterocycles. The number of anilines is 1. The molecule has 1 atom stereocenters. The monoisotopic (exact) mass is 221 g/mol. The Kier molecular flexibility index (Phi) is 5.33. The summed E-state index contributed by atoms with van der Waals surface area (Å²) < 4.78 is 0. The second kappa shape index (κ2) is 6.54. The van der Waals surface area contributed by atoms with Crippen LogP contribution in [0.4, 0.5) is 5.69 Å². The largest absolute Gasteiger partial charge is 0.394 e. The molecule has 16 heavy (non-hydrogen) atoms. The van der Waals surface area contributed by atoms with Gasteiger partial charge in [0.05, 0.1) is 6.61 Å². The predicted molar refractivity (Wildman–Crippen MR) is 70.0 cm³/mol. The van der Waals surface area contributed by atoms with E-state index < -0.39 is 0 Å². The Balaban J connectivity index is 2.63. The Bertz CT molecular complexity index is 294. The molecule has 0 aliphatic rings. The van der Waals surface area contributed by atoms with Gasteiger partial charge >= 0.3 is 0 Å². The molecule has 1 rings (SSSR count). The number of aliphatic hydroxyl groups excluding tert-OH is 1. The average molecular weight is 221 g/mol. The van der Waals surface area contributed by atoms with E-state index in [0.717, 1.165) is 6.42 Å². The Morgan fingerprint density at radius 2 is 1.88 bits per heavy atom. The van der Waals surface area contributed by atoms with Gasteiger partial charge in [-0.05, 0) is 37.5 Å². The van der Waals surface area contributed by atoms with Gasteiger partial charge in [-0.15, -0.1) is 0 Å². The molecule has 0 radical (unpaired) electrons. The molecule has 1 N–H and O–H groups in total. The quantitative estimate of drug-likeness (QED) is 0.798. The molecule has 0 amide bonds. The standard InChI is InChI=1S/C14H23NO/c1-4-5-6-13-7-9-14(10-8-13)15(3)12(2)11-16/h7-10,12,16H,4-6,11H2,1-3H3. The Labute approximate surface area is 98.9 Å². The lowest BCUT2D eigenvalue weighted by Gasteiger charge is -2.25. The van der Waals surface area contributed by atoms with Gasteiger partial charge in [0.25, 0.3) is 0 Å². The predicted octanol–water partition coefficient (Wildman–Crippen LogP) is 2.85. The fraction of sp³-hybridized carbons (Fsp3) is 0.571. The minimum Gasteiger partial charge on any atom is -0.394 e. The van der Waals surface area contributed by atoms with Crippen LogP contribution in [0.3, 0.4) is 0 Å². The Hall–Kier alpha value is -1.02. The van der Waals surface area contributed by atoms with Gasteiger partial charge in [-0.2, -0.15) is 0 Å². The molecule has 0 saturated carbocycles. The van der Waals surface area contributed by atoms with E-state index in [1.165, 1.54) is 24.1 Å². The van der Waals surface area contributed by atoms with Crippen molar-refractivity contribution in [2.75, 3.05) is 18.6 Å². The van der Waals surface area contributed by atoms with E-state index >= 15 is 0 Å². The van der Waals surface area contributed by atoms with E-state index in [1.54, 1.807) is 0 Å². The molecular weight excluding hydrogens is 198 g/mol. The third-order valence-electron chi connectivity index (χ3n) is 3.09. The summed E-state index contributed by atoms with van der Waals surface area (Å²) in [4.78, 5) is 2.10. The first-order chi connectivity index (χ1) is 7.69. The number of likely N-dealkylation sites (N-methyl/N-ethyl adjacent to an activating group) is 1. The van der Waals surface area contributed by atoms with Gasteiger partial charge in [0, 0.05) is 18.8 Å². The molecule has 0 saturated heterocycles. The molecule has 1 unspecified atom stereocenters. The van der Waals surface area contributed by atoms with Crippen LogP contribution in [0, 0.1) is 0 Å². The second-order valence-electron chi connectivity index (χ2n) is 4.41.